The van der Waals surface area contributed by atoms with E-state index in [1.807, 2.05) is 49.3 Å². The van der Waals surface area contributed by atoms with Crippen LogP contribution in [-0.2, 0) is 19.2 Å². The van der Waals surface area contributed by atoms with E-state index in [4.69, 9.17) is 27.9 Å². The third kappa shape index (κ3) is 5.52. The highest BCUT2D eigenvalue weighted by Crippen LogP contribution is 2.66. The van der Waals surface area contributed by atoms with E-state index in [9.17, 15) is 28.7 Å². The maximum absolute atomic E-state index is 14.6. The van der Waals surface area contributed by atoms with Gasteiger partial charge < -0.3 is 14.7 Å². The smallest absolute Gasteiger partial charge is 0.258 e. The molecule has 2 saturated heterocycles. The number of azo groups is 1. The van der Waals surface area contributed by atoms with Crippen LogP contribution in [0.25, 0.3) is 0 Å². The monoisotopic (exact) mass is 781 g/mol. The first-order chi connectivity index (χ1) is 26.3. The van der Waals surface area contributed by atoms with Crippen LogP contribution in [0.1, 0.15) is 24.3 Å². The van der Waals surface area contributed by atoms with Gasteiger partial charge >= 0.3 is 0 Å². The topological polar surface area (TPSA) is 132 Å². The molecule has 6 unspecified atom stereocenters. The Labute approximate surface area is 325 Å². The molecule has 4 aromatic rings. The van der Waals surface area contributed by atoms with Crippen molar-refractivity contribution < 1.29 is 33.4 Å². The third-order valence-corrected chi connectivity index (χ3v) is 12.6. The summed E-state index contributed by atoms with van der Waals surface area (Å²) in [7, 11) is 5.28. The van der Waals surface area contributed by atoms with Crippen molar-refractivity contribution in [3.63, 3.8) is 0 Å². The van der Waals surface area contributed by atoms with Crippen molar-refractivity contribution in [3.8, 4) is 11.5 Å². The number of hydrogen-bond acceptors (Lipinski definition) is 9. The summed E-state index contributed by atoms with van der Waals surface area (Å²) in [5.74, 6) is -6.74. The van der Waals surface area contributed by atoms with Crippen LogP contribution in [0.4, 0.5) is 32.8 Å². The second kappa shape index (κ2) is 13.3. The fourth-order valence-corrected chi connectivity index (χ4v) is 9.47. The fourth-order valence-electron chi connectivity index (χ4n) is 8.54. The van der Waals surface area contributed by atoms with Gasteiger partial charge in [0.05, 0.1) is 41.7 Å². The van der Waals surface area contributed by atoms with Crippen LogP contribution >= 0.6 is 23.2 Å². The summed E-state index contributed by atoms with van der Waals surface area (Å²) in [6, 6.07) is 23.2. The fraction of sp³-hybridized carbons (Fsp3) is 0.268. The van der Waals surface area contributed by atoms with Crippen LogP contribution in [-0.4, -0.2) is 59.7 Å². The van der Waals surface area contributed by atoms with Crippen LogP contribution in [0.5, 0.6) is 11.5 Å². The minimum absolute atomic E-state index is 0.0700. The van der Waals surface area contributed by atoms with Crippen molar-refractivity contribution in [2.24, 2.45) is 28.0 Å². The number of alkyl halides is 2. The number of rotatable bonds is 7. The quantitative estimate of drug-likeness (QED) is 0.0877. The molecule has 6 atom stereocenters. The molecule has 0 bridgehead atoms. The van der Waals surface area contributed by atoms with Gasteiger partial charge in [-0.2, -0.15) is 10.2 Å². The summed E-state index contributed by atoms with van der Waals surface area (Å²) in [6.07, 6.45) is 1.72. The number of aromatic hydroxyl groups is 1. The Hall–Kier alpha value is -5.59. The standard InChI is InChI=1S/C41H34Cl2FN5O6/c1-47(2)25-12-6-23(7-13-25)45-46-24-8-14-26(15-9-24)48-36(51)31-19-18-29-32(34(31)37(48)52)21-40(42)38(53)49(27-10-4-22(44)5-11-27)39(54)41(40,43)35(29)30-17-16-28(50)20-33(30)55-3/h4-18,20,31-32,34-35,50H,19,21H2,1-3H3. The number of anilines is 3. The van der Waals surface area contributed by atoms with E-state index in [0.717, 1.165) is 27.6 Å². The van der Waals surface area contributed by atoms with Crippen molar-refractivity contribution in [2.75, 3.05) is 35.9 Å². The molecule has 1 saturated carbocycles. The van der Waals surface area contributed by atoms with E-state index in [0.29, 0.717) is 28.2 Å². The van der Waals surface area contributed by atoms with E-state index < -0.39 is 62.9 Å². The second-order valence-electron chi connectivity index (χ2n) is 14.3. The molecule has 2 heterocycles. The van der Waals surface area contributed by atoms with Crippen LogP contribution < -0.4 is 19.4 Å². The van der Waals surface area contributed by atoms with E-state index in [1.54, 1.807) is 30.3 Å². The Balaban J connectivity index is 1.16. The molecular weight excluding hydrogens is 748 g/mol. The Morgan fingerprint density at radius 2 is 1.40 bits per heavy atom. The van der Waals surface area contributed by atoms with Crippen LogP contribution in [0.2, 0.25) is 0 Å². The van der Waals surface area contributed by atoms with Gasteiger partial charge in [-0.15, -0.1) is 23.2 Å². The normalized spacial score (nSPS) is 27.3. The maximum Gasteiger partial charge on any atom is 0.258 e. The number of carbonyl (C=O) groups excluding carboxylic acids is 4. The van der Waals surface area contributed by atoms with Gasteiger partial charge in [0, 0.05) is 37.3 Å². The summed E-state index contributed by atoms with van der Waals surface area (Å²) in [6.45, 7) is 0. The molecule has 0 aromatic heterocycles. The average molecular weight is 783 g/mol. The molecule has 4 amide bonds. The maximum atomic E-state index is 14.6. The molecule has 2 aliphatic heterocycles. The molecule has 280 valence electrons. The number of ether oxygens (including phenoxy) is 1. The highest BCUT2D eigenvalue weighted by Gasteiger charge is 2.77. The molecule has 0 radical (unpaired) electrons. The zero-order valence-corrected chi connectivity index (χ0v) is 31.3. The van der Waals surface area contributed by atoms with Gasteiger partial charge in [-0.05, 0) is 97.6 Å². The Bertz CT molecular complexity index is 2320. The summed E-state index contributed by atoms with van der Waals surface area (Å²) < 4.78 is 19.6. The minimum atomic E-state index is -2.15. The number of allylic oxidation sites excluding steroid dienone is 2. The number of carbonyl (C=O) groups is 4. The number of phenols is 1. The lowest BCUT2D eigenvalue weighted by Crippen LogP contribution is -2.60. The Morgan fingerprint density at radius 3 is 2.02 bits per heavy atom. The Morgan fingerprint density at radius 1 is 0.800 bits per heavy atom. The van der Waals surface area contributed by atoms with Gasteiger partial charge in [0.1, 0.15) is 17.3 Å². The minimum Gasteiger partial charge on any atom is -0.508 e. The molecule has 4 aliphatic rings. The van der Waals surface area contributed by atoms with Crippen molar-refractivity contribution >= 4 is 75.3 Å². The number of benzene rings is 4. The number of imide groups is 2. The molecular formula is C41H34Cl2FN5O6. The van der Waals surface area contributed by atoms with Crippen LogP contribution in [0.3, 0.4) is 0 Å². The second-order valence-corrected chi connectivity index (χ2v) is 15.6. The van der Waals surface area contributed by atoms with Crippen molar-refractivity contribution in [3.05, 3.63) is 114 Å². The molecule has 3 fully saturated rings. The van der Waals surface area contributed by atoms with Gasteiger partial charge in [0.15, 0.2) is 9.75 Å². The lowest BCUT2D eigenvalue weighted by atomic mass is 9.56. The van der Waals surface area contributed by atoms with Crippen molar-refractivity contribution in [1.29, 1.82) is 0 Å². The van der Waals surface area contributed by atoms with Crippen LogP contribution in [0, 0.1) is 23.6 Å². The molecule has 55 heavy (non-hydrogen) atoms. The summed E-state index contributed by atoms with van der Waals surface area (Å²) in [5.41, 5.74) is 3.50. The number of phenolic OH excluding ortho intramolecular Hbond substituents is 1. The van der Waals surface area contributed by atoms with Gasteiger partial charge in [0.25, 0.3) is 11.8 Å². The highest BCUT2D eigenvalue weighted by atomic mass is 35.5. The number of fused-ring (bicyclic) bond motifs is 4. The van der Waals surface area contributed by atoms with Gasteiger partial charge in [-0.3, -0.25) is 24.1 Å². The SMILES string of the molecule is COc1cc(O)ccc1C1C2=CCC3C(=O)N(c4ccc(N=Nc5ccc(N(C)C)cc5)cc4)C(=O)C3C2CC2(Cl)C(=O)N(c3ccc(F)cc3)C(=O)C12Cl. The lowest BCUT2D eigenvalue weighted by molar-refractivity contribution is -0.125. The summed E-state index contributed by atoms with van der Waals surface area (Å²) in [5, 5.41) is 19.0. The van der Waals surface area contributed by atoms with Crippen LogP contribution in [0.15, 0.2) is 113 Å². The number of hydrogen-bond donors (Lipinski definition) is 1. The molecule has 4 aromatic carbocycles. The van der Waals surface area contributed by atoms with E-state index in [1.165, 1.54) is 31.4 Å². The molecule has 14 heteroatoms. The first-order valence-corrected chi connectivity index (χ1v) is 18.3. The predicted octanol–water partition coefficient (Wildman–Crippen LogP) is 7.79. The van der Waals surface area contributed by atoms with E-state index in [2.05, 4.69) is 10.2 Å². The van der Waals surface area contributed by atoms with E-state index >= 15 is 0 Å². The van der Waals surface area contributed by atoms with Gasteiger partial charge in [0.2, 0.25) is 11.8 Å². The molecule has 2 aliphatic carbocycles. The largest absolute Gasteiger partial charge is 0.508 e. The first-order valence-electron chi connectivity index (χ1n) is 17.5. The number of nitrogens with zero attached hydrogens (tertiary/aromatic N) is 5. The molecule has 11 nitrogen and oxygen atoms in total. The van der Waals surface area contributed by atoms with Gasteiger partial charge in [-0.1, -0.05) is 17.7 Å². The lowest BCUT2D eigenvalue weighted by Gasteiger charge is -2.50. The zero-order valence-electron chi connectivity index (χ0n) is 29.8. The molecule has 0 spiro atoms. The molecule has 1 N–H and O–H groups in total. The molecule has 8 rings (SSSR count). The zero-order chi connectivity index (χ0) is 39.0. The predicted molar refractivity (Wildman–Crippen MR) is 205 cm³/mol. The summed E-state index contributed by atoms with van der Waals surface area (Å²) in [4.78, 5) is 57.4. The highest BCUT2D eigenvalue weighted by molar-refractivity contribution is 6.58. The number of amides is 4. The van der Waals surface area contributed by atoms with Gasteiger partial charge in [-0.25, -0.2) is 9.29 Å². The average Bonchev–Trinajstić information content (AvgIpc) is 3.52. The number of halogens is 3. The third-order valence-electron chi connectivity index (χ3n) is 11.2. The number of methoxy groups -OCH3 is 1. The Kier molecular flexibility index (Phi) is 8.81. The first kappa shape index (κ1) is 36.4. The van der Waals surface area contributed by atoms with E-state index in [-0.39, 0.29) is 30.0 Å². The van der Waals surface area contributed by atoms with Crippen molar-refractivity contribution in [2.45, 2.75) is 28.5 Å². The van der Waals surface area contributed by atoms with Crippen molar-refractivity contribution in [1.82, 2.24) is 0 Å². The summed E-state index contributed by atoms with van der Waals surface area (Å²) >= 11 is 14.9.